The normalized spacial score (nSPS) is 13.6. The average Bonchev–Trinajstić information content (AvgIpc) is 1.50. The summed E-state index contributed by atoms with van der Waals surface area (Å²) in [5, 5.41) is 6.41. The topological polar surface area (TPSA) is 65.5 Å². The van der Waals surface area contributed by atoms with Crippen LogP contribution in [0.1, 0.15) is 44.5 Å². The highest BCUT2D eigenvalue weighted by molar-refractivity contribution is 6.29. The van der Waals surface area contributed by atoms with E-state index in [1.54, 1.807) is 36.4 Å². The molecule has 0 fully saturated rings. The minimum Gasteiger partial charge on any atom is -0.455 e. The van der Waals surface area contributed by atoms with Crippen LogP contribution in [0.2, 0.25) is 0 Å². The number of furan rings is 4. The Balaban J connectivity index is 0.792. The third-order valence-electron chi connectivity index (χ3n) is 27.3. The zero-order valence-corrected chi connectivity index (χ0v) is 71.7. The third kappa shape index (κ3) is 11.6. The molecule has 2 aliphatic carbocycles. The van der Waals surface area contributed by atoms with Crippen LogP contribution in [0.15, 0.2) is 467 Å². The standard InChI is InChI=1S/C122H74F4N4O4/c123-81-43-33-53-87(69-81)127(83-45-14-4-15-46-83)101-71-96-116(119-109(101)89-55-22-29-62-105(89)132-119)114-94(73-103(117-111(114)91-57-24-31-64-107(91)131-117)128(84-47-16-5-17-48-84)88-54-34-44-82(124)70-88)122(96,79-40-12-3-13-41-79)80-42-32-35-75(67-80)76-65-66-92-108(68-76)134-118-104(130(86-51-20-7-21-52-86)100-61-28-26-59-98(100)126)74-93-113(112(92)118)115-95(121(93,77-36-8-1-9-37-77)78-38-10-2-11-39-78)72-102(110-90-56-23-30-63-106(90)133-120(110)115)129(85-49-18-6-19-50-85)99-60-27-25-58-97(99)125/h1-74H. The lowest BCUT2D eigenvalue weighted by atomic mass is 9.67. The Morgan fingerprint density at radius 3 is 0.940 bits per heavy atom. The van der Waals surface area contributed by atoms with Gasteiger partial charge in [-0.2, -0.15) is 0 Å². The molecule has 0 bridgehead atoms. The first-order valence-corrected chi connectivity index (χ1v) is 44.8. The lowest BCUT2D eigenvalue weighted by Crippen LogP contribution is -2.29. The molecule has 4 heterocycles. The van der Waals surface area contributed by atoms with Crippen molar-refractivity contribution in [1.29, 1.82) is 0 Å². The Kier molecular flexibility index (Phi) is 17.7. The van der Waals surface area contributed by atoms with Gasteiger partial charge in [-0.1, -0.05) is 279 Å². The second-order valence-electron chi connectivity index (χ2n) is 34.4. The summed E-state index contributed by atoms with van der Waals surface area (Å²) in [6.07, 6.45) is 0. The first-order chi connectivity index (χ1) is 66.1. The van der Waals surface area contributed by atoms with E-state index in [1.165, 1.54) is 24.3 Å². The second kappa shape index (κ2) is 30.6. The van der Waals surface area contributed by atoms with Crippen LogP contribution in [0.5, 0.6) is 0 Å². The second-order valence-corrected chi connectivity index (χ2v) is 34.4. The van der Waals surface area contributed by atoms with E-state index < -0.39 is 34.1 Å². The average molecular weight is 1740 g/mol. The molecule has 8 nitrogen and oxygen atoms in total. The van der Waals surface area contributed by atoms with Gasteiger partial charge in [0.15, 0.2) is 11.2 Å². The molecule has 134 heavy (non-hydrogen) atoms. The Morgan fingerprint density at radius 1 is 0.187 bits per heavy atom. The molecule has 24 aromatic rings. The molecule has 26 rings (SSSR count). The Hall–Kier alpha value is -17.5. The number of nitrogens with zero attached hydrogens (tertiary/aromatic N) is 4. The van der Waals surface area contributed by atoms with E-state index >= 15 is 17.6 Å². The van der Waals surface area contributed by atoms with Crippen molar-refractivity contribution in [2.24, 2.45) is 0 Å². The van der Waals surface area contributed by atoms with Gasteiger partial charge in [0.25, 0.3) is 0 Å². The molecule has 0 amide bonds. The van der Waals surface area contributed by atoms with E-state index in [0.29, 0.717) is 84.5 Å². The van der Waals surface area contributed by atoms with Gasteiger partial charge in [-0.05, 0) is 225 Å². The van der Waals surface area contributed by atoms with Gasteiger partial charge in [-0.15, -0.1) is 0 Å². The molecular formula is C122H74F4N4O4. The lowest BCUT2D eigenvalue weighted by molar-refractivity contribution is 0.627. The molecule has 0 N–H and O–H groups in total. The summed E-state index contributed by atoms with van der Waals surface area (Å²) in [5.74, 6) is -1.69. The predicted molar refractivity (Wildman–Crippen MR) is 534 cm³/mol. The molecule has 4 aromatic heterocycles. The Morgan fingerprint density at radius 2 is 0.493 bits per heavy atom. The highest BCUT2D eigenvalue weighted by Gasteiger charge is 2.53. The van der Waals surface area contributed by atoms with Crippen molar-refractivity contribution in [1.82, 2.24) is 0 Å². The van der Waals surface area contributed by atoms with Crippen molar-refractivity contribution >= 4 is 156 Å². The van der Waals surface area contributed by atoms with Crippen LogP contribution >= 0.6 is 0 Å². The third-order valence-corrected chi connectivity index (χ3v) is 27.3. The summed E-state index contributed by atoms with van der Waals surface area (Å²) in [5.41, 5.74) is 21.5. The maximum Gasteiger partial charge on any atom is 0.160 e. The SMILES string of the molecule is Fc1cccc(N(c2ccccc2)c2cc3c(c4c2oc2ccccc24)-c2c(cc(N(c4ccccc4)c4cccc(F)c4)c4c2oc2ccccc24)C3(c2ccccc2)c2cccc(-c3ccc4c(c3)oc3c(N(c5ccccc5)c5ccccc5F)cc5c(c34)-c3c(cc(N(c4ccccc4)c4ccccc4F)c4c3oc3ccccc34)C5(c3ccccc3)c3ccccc3)c2)c1. The monoisotopic (exact) mass is 1730 g/mol. The highest BCUT2D eigenvalue weighted by atomic mass is 19.1. The Bertz CT molecular complexity index is 8810. The van der Waals surface area contributed by atoms with Crippen LogP contribution < -0.4 is 19.6 Å². The van der Waals surface area contributed by atoms with Crippen molar-refractivity contribution in [3.05, 3.63) is 517 Å². The largest absolute Gasteiger partial charge is 0.455 e. The van der Waals surface area contributed by atoms with Crippen molar-refractivity contribution in [2.45, 2.75) is 10.8 Å². The summed E-state index contributed by atoms with van der Waals surface area (Å²) in [6, 6.07) is 148. The van der Waals surface area contributed by atoms with Crippen LogP contribution in [0.25, 0.3) is 121 Å². The highest BCUT2D eigenvalue weighted by Crippen LogP contribution is 2.68. The van der Waals surface area contributed by atoms with Gasteiger partial charge >= 0.3 is 0 Å². The summed E-state index contributed by atoms with van der Waals surface area (Å²) >= 11 is 0. The molecule has 0 saturated carbocycles. The number of anilines is 12. The quantitative estimate of drug-likeness (QED) is 0.0836. The predicted octanol–water partition coefficient (Wildman–Crippen LogP) is 34.1. The maximum atomic E-state index is 17.9. The summed E-state index contributed by atoms with van der Waals surface area (Å²) in [4.78, 5) is 8.24. The Labute approximate surface area is 766 Å². The van der Waals surface area contributed by atoms with E-state index in [2.05, 4.69) is 180 Å². The zero-order valence-electron chi connectivity index (χ0n) is 71.7. The van der Waals surface area contributed by atoms with Crippen LogP contribution in [0.4, 0.5) is 85.8 Å². The summed E-state index contributed by atoms with van der Waals surface area (Å²) in [7, 11) is 0. The van der Waals surface area contributed by atoms with E-state index in [-0.39, 0.29) is 5.69 Å². The summed E-state index contributed by atoms with van der Waals surface area (Å²) in [6.45, 7) is 0. The van der Waals surface area contributed by atoms with Gasteiger partial charge in [-0.25, -0.2) is 17.6 Å². The van der Waals surface area contributed by atoms with E-state index in [1.807, 2.05) is 228 Å². The van der Waals surface area contributed by atoms with Crippen molar-refractivity contribution < 1.29 is 35.2 Å². The molecular weight excluding hydrogens is 1660 g/mol. The lowest BCUT2D eigenvalue weighted by Gasteiger charge is -2.36. The molecule has 20 aromatic carbocycles. The zero-order chi connectivity index (χ0) is 89.0. The van der Waals surface area contributed by atoms with E-state index in [9.17, 15) is 0 Å². The van der Waals surface area contributed by atoms with Crippen molar-refractivity contribution in [2.75, 3.05) is 19.6 Å². The number of rotatable bonds is 17. The van der Waals surface area contributed by atoms with Gasteiger partial charge in [0.2, 0.25) is 0 Å². The molecule has 0 radical (unpaired) electrons. The fraction of sp³-hybridized carbons (Fsp3) is 0.0164. The number of hydrogen-bond acceptors (Lipinski definition) is 8. The van der Waals surface area contributed by atoms with Gasteiger partial charge in [0.1, 0.15) is 56.8 Å². The van der Waals surface area contributed by atoms with Crippen LogP contribution in [-0.2, 0) is 10.8 Å². The number of hydrogen-bond donors (Lipinski definition) is 0. The van der Waals surface area contributed by atoms with Crippen LogP contribution in [0, 0.1) is 23.3 Å². The minimum absolute atomic E-state index is 0.289. The fourth-order valence-electron chi connectivity index (χ4n) is 22.0. The molecule has 1 unspecified atom stereocenters. The van der Waals surface area contributed by atoms with Gasteiger partial charge in [0.05, 0.1) is 55.7 Å². The molecule has 1 atom stereocenters. The maximum absolute atomic E-state index is 17.9. The molecule has 634 valence electrons. The molecule has 0 saturated heterocycles. The molecule has 2 aliphatic rings. The number of fused-ring (bicyclic) bond motifs is 22. The van der Waals surface area contributed by atoms with Gasteiger partial charge in [0, 0.05) is 88.7 Å². The molecule has 0 spiro atoms. The van der Waals surface area contributed by atoms with Crippen molar-refractivity contribution in [3.63, 3.8) is 0 Å². The van der Waals surface area contributed by atoms with E-state index in [4.69, 9.17) is 17.7 Å². The van der Waals surface area contributed by atoms with Crippen molar-refractivity contribution in [3.8, 4) is 33.4 Å². The number of halogens is 4. The smallest absolute Gasteiger partial charge is 0.160 e. The fourth-order valence-corrected chi connectivity index (χ4v) is 22.0. The molecule has 12 heteroatoms. The first-order valence-electron chi connectivity index (χ1n) is 44.8. The first kappa shape index (κ1) is 77.6. The van der Waals surface area contributed by atoms with Gasteiger partial charge < -0.3 is 37.3 Å². The number of para-hydroxylation sites is 9. The van der Waals surface area contributed by atoms with Gasteiger partial charge in [-0.3, -0.25) is 0 Å². The van der Waals surface area contributed by atoms with Crippen LogP contribution in [0.3, 0.4) is 0 Å². The van der Waals surface area contributed by atoms with E-state index in [0.717, 1.165) is 144 Å². The van der Waals surface area contributed by atoms with Crippen LogP contribution in [-0.4, -0.2) is 0 Å². The summed E-state index contributed by atoms with van der Waals surface area (Å²) < 4.78 is 99.0. The number of benzene rings is 20. The molecule has 0 aliphatic heterocycles. The minimum atomic E-state index is -1.33.